The zero-order chi connectivity index (χ0) is 10.9. The summed E-state index contributed by atoms with van der Waals surface area (Å²) in [4.78, 5) is 0. The van der Waals surface area contributed by atoms with Crippen molar-refractivity contribution in [3.63, 3.8) is 0 Å². The third-order valence-corrected chi connectivity index (χ3v) is 1.28. The molecular weight excluding hydrogens is 209 g/mol. The second-order valence-corrected chi connectivity index (χ2v) is 2.35. The van der Waals surface area contributed by atoms with Gasteiger partial charge < -0.3 is 10.5 Å². The Hall–Kier alpha value is -1.53. The largest absolute Gasteiger partial charge is 0.573 e. The number of nitrogens with two attached hydrogens (primary N) is 1. The molecule has 0 spiro atoms. The fraction of sp³-hybridized carbons (Fsp3) is 0.143. The van der Waals surface area contributed by atoms with Crippen LogP contribution in [0.25, 0.3) is 0 Å². The third kappa shape index (κ3) is 2.48. The standard InChI is InChI=1S/C7H4F5NO/c8-3-1-4(9)6(13)5(2-3)14-7(10,11)12/h1-2H,13H2. The van der Waals surface area contributed by atoms with Crippen LogP contribution in [0, 0.1) is 11.6 Å². The number of anilines is 1. The van der Waals surface area contributed by atoms with E-state index in [2.05, 4.69) is 4.74 Å². The maximum atomic E-state index is 12.6. The lowest BCUT2D eigenvalue weighted by atomic mass is 10.3. The number of nitrogen functional groups attached to an aromatic ring is 1. The van der Waals surface area contributed by atoms with E-state index in [1.165, 1.54) is 0 Å². The maximum absolute atomic E-state index is 12.6. The molecule has 0 amide bonds. The van der Waals surface area contributed by atoms with Crippen molar-refractivity contribution in [1.82, 2.24) is 0 Å². The lowest BCUT2D eigenvalue weighted by molar-refractivity contribution is -0.274. The predicted octanol–water partition coefficient (Wildman–Crippen LogP) is 2.45. The van der Waals surface area contributed by atoms with E-state index in [0.717, 1.165) is 0 Å². The summed E-state index contributed by atoms with van der Waals surface area (Å²) in [6.45, 7) is 0. The molecule has 2 N–H and O–H groups in total. The van der Waals surface area contributed by atoms with Gasteiger partial charge in [-0.1, -0.05) is 0 Å². The highest BCUT2D eigenvalue weighted by Crippen LogP contribution is 2.30. The number of halogens is 5. The topological polar surface area (TPSA) is 35.2 Å². The van der Waals surface area contributed by atoms with Crippen LogP contribution >= 0.6 is 0 Å². The van der Waals surface area contributed by atoms with Gasteiger partial charge in [0.15, 0.2) is 11.6 Å². The Kier molecular flexibility index (Phi) is 2.50. The van der Waals surface area contributed by atoms with Gasteiger partial charge in [-0.25, -0.2) is 8.78 Å². The van der Waals surface area contributed by atoms with E-state index < -0.39 is 29.4 Å². The Balaban J connectivity index is 3.09. The van der Waals surface area contributed by atoms with Crippen LogP contribution in [0.2, 0.25) is 0 Å². The molecule has 1 aromatic carbocycles. The first-order chi connectivity index (χ1) is 6.29. The van der Waals surface area contributed by atoms with Crippen molar-refractivity contribution < 1.29 is 26.7 Å². The molecule has 0 aliphatic heterocycles. The summed E-state index contributed by atoms with van der Waals surface area (Å²) in [5.41, 5.74) is 4.01. The lowest BCUT2D eigenvalue weighted by Gasteiger charge is -2.11. The number of benzene rings is 1. The number of alkyl halides is 3. The van der Waals surface area contributed by atoms with Crippen molar-refractivity contribution in [2.75, 3.05) is 5.73 Å². The monoisotopic (exact) mass is 213 g/mol. The van der Waals surface area contributed by atoms with E-state index in [1.807, 2.05) is 0 Å². The van der Waals surface area contributed by atoms with Gasteiger partial charge in [0.1, 0.15) is 11.5 Å². The molecule has 0 atom stereocenters. The van der Waals surface area contributed by atoms with Gasteiger partial charge in [-0.05, 0) is 0 Å². The fourth-order valence-electron chi connectivity index (χ4n) is 0.770. The SMILES string of the molecule is Nc1c(F)cc(F)cc1OC(F)(F)F. The minimum absolute atomic E-state index is 0.353. The summed E-state index contributed by atoms with van der Waals surface area (Å²) >= 11 is 0. The van der Waals surface area contributed by atoms with Gasteiger partial charge in [0.2, 0.25) is 0 Å². The minimum Gasteiger partial charge on any atom is -0.403 e. The van der Waals surface area contributed by atoms with E-state index >= 15 is 0 Å². The predicted molar refractivity (Wildman–Crippen MR) is 37.5 cm³/mol. The number of hydrogen-bond acceptors (Lipinski definition) is 2. The first-order valence-corrected chi connectivity index (χ1v) is 3.30. The van der Waals surface area contributed by atoms with Crippen molar-refractivity contribution in [3.05, 3.63) is 23.8 Å². The van der Waals surface area contributed by atoms with E-state index in [9.17, 15) is 22.0 Å². The maximum Gasteiger partial charge on any atom is 0.573 e. The van der Waals surface area contributed by atoms with Crippen LogP contribution in [0.1, 0.15) is 0 Å². The van der Waals surface area contributed by atoms with Gasteiger partial charge in [-0.3, -0.25) is 0 Å². The van der Waals surface area contributed by atoms with Crippen molar-refractivity contribution >= 4 is 5.69 Å². The summed E-state index contributed by atoms with van der Waals surface area (Å²) in [6.07, 6.45) is -5.03. The molecule has 0 saturated carbocycles. The van der Waals surface area contributed by atoms with Crippen molar-refractivity contribution in [2.24, 2.45) is 0 Å². The average Bonchev–Trinajstić information content (AvgIpc) is 1.96. The molecule has 2 nitrogen and oxygen atoms in total. The van der Waals surface area contributed by atoms with Crippen LogP contribution in [0.3, 0.4) is 0 Å². The van der Waals surface area contributed by atoms with Crippen molar-refractivity contribution in [3.8, 4) is 5.75 Å². The number of hydrogen-bond donors (Lipinski definition) is 1. The van der Waals surface area contributed by atoms with Crippen LogP contribution in [-0.4, -0.2) is 6.36 Å². The van der Waals surface area contributed by atoms with Gasteiger partial charge in [0.25, 0.3) is 0 Å². The summed E-state index contributed by atoms with van der Waals surface area (Å²) < 4.78 is 63.3. The van der Waals surface area contributed by atoms with Crippen LogP contribution in [0.5, 0.6) is 5.75 Å². The second-order valence-electron chi connectivity index (χ2n) is 2.35. The van der Waals surface area contributed by atoms with Crippen molar-refractivity contribution in [2.45, 2.75) is 6.36 Å². The Bertz CT molecular complexity index is 349. The van der Waals surface area contributed by atoms with Crippen LogP contribution in [0.15, 0.2) is 12.1 Å². The first-order valence-electron chi connectivity index (χ1n) is 3.30. The molecule has 0 bridgehead atoms. The van der Waals surface area contributed by atoms with Gasteiger partial charge in [0, 0.05) is 12.1 Å². The molecule has 1 aromatic rings. The van der Waals surface area contributed by atoms with Crippen LogP contribution < -0.4 is 10.5 Å². The number of ether oxygens (including phenoxy) is 1. The number of rotatable bonds is 1. The van der Waals surface area contributed by atoms with E-state index in [-0.39, 0.29) is 0 Å². The Morgan fingerprint density at radius 1 is 1.14 bits per heavy atom. The molecule has 0 heterocycles. The molecule has 1 rings (SSSR count). The molecule has 0 aliphatic rings. The Morgan fingerprint density at radius 3 is 2.21 bits per heavy atom. The Morgan fingerprint density at radius 2 is 1.71 bits per heavy atom. The highest BCUT2D eigenvalue weighted by atomic mass is 19.4. The molecule has 14 heavy (non-hydrogen) atoms. The average molecular weight is 213 g/mol. The second kappa shape index (κ2) is 3.32. The summed E-state index contributed by atoms with van der Waals surface area (Å²) in [5.74, 6) is -3.59. The van der Waals surface area contributed by atoms with Gasteiger partial charge >= 0.3 is 6.36 Å². The lowest BCUT2D eigenvalue weighted by Crippen LogP contribution is -2.18. The normalized spacial score (nSPS) is 11.5. The summed E-state index contributed by atoms with van der Waals surface area (Å²) in [6, 6.07) is 0.713. The highest BCUT2D eigenvalue weighted by Gasteiger charge is 2.32. The zero-order valence-corrected chi connectivity index (χ0v) is 6.53. The Labute approximate surface area is 75.1 Å². The molecule has 0 unspecified atom stereocenters. The van der Waals surface area contributed by atoms with Gasteiger partial charge in [-0.2, -0.15) is 0 Å². The van der Waals surface area contributed by atoms with Crippen LogP contribution in [0.4, 0.5) is 27.6 Å². The van der Waals surface area contributed by atoms with E-state index in [1.54, 1.807) is 0 Å². The molecule has 0 aliphatic carbocycles. The summed E-state index contributed by atoms with van der Waals surface area (Å²) in [5, 5.41) is 0. The zero-order valence-electron chi connectivity index (χ0n) is 6.53. The quantitative estimate of drug-likeness (QED) is 0.574. The first kappa shape index (κ1) is 10.6. The van der Waals surface area contributed by atoms with Crippen molar-refractivity contribution in [1.29, 1.82) is 0 Å². The third-order valence-electron chi connectivity index (χ3n) is 1.28. The van der Waals surface area contributed by atoms with Gasteiger partial charge in [0.05, 0.1) is 0 Å². The highest BCUT2D eigenvalue weighted by molar-refractivity contribution is 5.53. The van der Waals surface area contributed by atoms with Crippen LogP contribution in [-0.2, 0) is 0 Å². The molecule has 0 radical (unpaired) electrons. The smallest absolute Gasteiger partial charge is 0.403 e. The van der Waals surface area contributed by atoms with E-state index in [0.29, 0.717) is 12.1 Å². The molecule has 0 aromatic heterocycles. The molecule has 78 valence electrons. The fourth-order valence-corrected chi connectivity index (χ4v) is 0.770. The van der Waals surface area contributed by atoms with Gasteiger partial charge in [-0.15, -0.1) is 13.2 Å². The molecule has 7 heteroatoms. The molecule has 0 saturated heterocycles. The molecular formula is C7H4F5NO. The molecule has 0 fully saturated rings. The minimum atomic E-state index is -5.03. The summed E-state index contributed by atoms with van der Waals surface area (Å²) in [7, 11) is 0. The van der Waals surface area contributed by atoms with E-state index in [4.69, 9.17) is 5.73 Å².